The molecule has 1 aliphatic rings. The molecule has 2 nitrogen and oxygen atoms in total. The van der Waals surface area contributed by atoms with E-state index in [1.54, 1.807) is 20.8 Å². The third-order valence-corrected chi connectivity index (χ3v) is 17.9. The summed E-state index contributed by atoms with van der Waals surface area (Å²) >= 11 is 0. The van der Waals surface area contributed by atoms with Crippen molar-refractivity contribution in [3.63, 3.8) is 0 Å². The smallest absolute Gasteiger partial charge is 0.143 e. The molecule has 1 aromatic heterocycles. The Balaban J connectivity index is 1.46. The van der Waals surface area contributed by atoms with E-state index in [9.17, 15) is 20.6 Å². The minimum atomic E-state index is -3.34. The summed E-state index contributed by atoms with van der Waals surface area (Å²) in [5.41, 5.74) is 12.4. The van der Waals surface area contributed by atoms with Crippen LogP contribution in [0.25, 0.3) is 77.2 Å². The summed E-state index contributed by atoms with van der Waals surface area (Å²) in [5, 5.41) is -0.863. The second kappa shape index (κ2) is 17.7. The number of hydrogen-bond acceptors (Lipinski definition) is 2. The number of anilines is 3. The molecule has 0 fully saturated rings. The van der Waals surface area contributed by atoms with Crippen molar-refractivity contribution in [2.24, 2.45) is 0 Å². The van der Waals surface area contributed by atoms with Gasteiger partial charge in [0.25, 0.3) is 0 Å². The van der Waals surface area contributed by atoms with Crippen LogP contribution in [0.15, 0.2) is 89.0 Å². The third-order valence-electron chi connectivity index (χ3n) is 17.9. The molecule has 384 valence electrons. The highest BCUT2D eigenvalue weighted by molar-refractivity contribution is 6.20. The van der Waals surface area contributed by atoms with Gasteiger partial charge >= 0.3 is 0 Å². The Morgan fingerprint density at radius 2 is 0.934 bits per heavy atom. The normalized spacial score (nSPS) is 17.0. The van der Waals surface area contributed by atoms with Gasteiger partial charge < -0.3 is 9.32 Å². The lowest BCUT2D eigenvalue weighted by molar-refractivity contribution is 0.653. The van der Waals surface area contributed by atoms with Crippen LogP contribution in [0.4, 0.5) is 17.1 Å². The Labute approximate surface area is 481 Å². The van der Waals surface area contributed by atoms with E-state index < -0.39 is 96.7 Å². The standard InChI is InChI=1S/C74H77NO/c1-36-31-38(3)64(47(12)41(36)6)66-51(16)65(58-32-37(2)40(5)42(7)45(58)10)52(17)71(53(66)18)75(63-35-62-67(49(14)46(63)11)68-48(13)43(8)44(9)50(15)69(68)74(62,20)21)70-39(4)33-60-61-34-59(55-27-23-22-24-28-55)56-29-25-26-30-57(56)73(61)76-72(60)54(70)19/h22-35H,1-21H3/i20D3,21D3,22D,23D,24D,25D,26D,27D,28D,29D,30D,31D,32D,33D,34D,35D. The topological polar surface area (TPSA) is 16.4 Å². The number of rotatable bonds is 6. The maximum absolute atomic E-state index is 11.2. The van der Waals surface area contributed by atoms with Crippen molar-refractivity contribution in [2.45, 2.75) is 151 Å². The van der Waals surface area contributed by atoms with Gasteiger partial charge in [-0.2, -0.15) is 0 Å². The first-order valence-electron chi connectivity index (χ1n) is 36.1. The van der Waals surface area contributed by atoms with E-state index in [1.165, 1.54) is 0 Å². The molecule has 76 heavy (non-hydrogen) atoms. The molecule has 0 amide bonds. The largest absolute Gasteiger partial charge is 0.455 e. The maximum Gasteiger partial charge on any atom is 0.143 e. The fourth-order valence-corrected chi connectivity index (χ4v) is 12.9. The number of fused-ring (bicyclic) bond motifs is 8. The van der Waals surface area contributed by atoms with Gasteiger partial charge in [-0.15, -0.1) is 0 Å². The second-order valence-electron chi connectivity index (χ2n) is 21.8. The first-order chi connectivity index (χ1) is 44.3. The Hall–Kier alpha value is -7.16. The van der Waals surface area contributed by atoms with Crippen molar-refractivity contribution in [1.82, 2.24) is 0 Å². The summed E-state index contributed by atoms with van der Waals surface area (Å²) in [4.78, 5) is 1.81. The van der Waals surface area contributed by atoms with Crippen molar-refractivity contribution in [3.8, 4) is 44.5 Å². The first kappa shape index (κ1) is 32.4. The van der Waals surface area contributed by atoms with Gasteiger partial charge in [-0.05, 0) is 311 Å². The van der Waals surface area contributed by atoms with Crippen LogP contribution in [0.3, 0.4) is 0 Å². The minimum Gasteiger partial charge on any atom is -0.455 e. The minimum absolute atomic E-state index is 0.0382. The predicted molar refractivity (Wildman–Crippen MR) is 330 cm³/mol. The highest BCUT2D eigenvalue weighted by Gasteiger charge is 2.42. The monoisotopic (exact) mass is 1020 g/mol. The summed E-state index contributed by atoms with van der Waals surface area (Å²) in [6.07, 6.45) is 0. The molecular weight excluding hydrogens is 919 g/mol. The van der Waals surface area contributed by atoms with Crippen LogP contribution in [0.5, 0.6) is 0 Å². The van der Waals surface area contributed by atoms with Crippen molar-refractivity contribution < 1.29 is 31.8 Å². The molecule has 1 heterocycles. The quantitative estimate of drug-likeness (QED) is 0.165. The molecule has 11 rings (SSSR count). The highest BCUT2D eigenvalue weighted by Crippen LogP contribution is 2.59. The summed E-state index contributed by atoms with van der Waals surface area (Å²) in [7, 11) is 0. The Morgan fingerprint density at radius 1 is 0.368 bits per heavy atom. The van der Waals surface area contributed by atoms with Gasteiger partial charge in [0.05, 0.1) is 30.6 Å². The van der Waals surface area contributed by atoms with E-state index >= 15 is 0 Å². The van der Waals surface area contributed by atoms with Gasteiger partial charge in [0, 0.05) is 41.0 Å². The summed E-state index contributed by atoms with van der Waals surface area (Å²) in [5.74, 6) is 0. The molecule has 0 N–H and O–H groups in total. The Bertz CT molecular complexity index is 5090. The molecule has 0 radical (unpaired) electrons. The molecule has 0 unspecified atom stereocenters. The molecule has 1 aliphatic carbocycles. The van der Waals surface area contributed by atoms with E-state index in [-0.39, 0.29) is 78.4 Å². The predicted octanol–water partition coefficient (Wildman–Crippen LogP) is 21.4. The van der Waals surface area contributed by atoms with E-state index in [1.807, 2.05) is 116 Å². The summed E-state index contributed by atoms with van der Waals surface area (Å²) < 4.78 is 199. The molecule has 0 spiro atoms. The van der Waals surface area contributed by atoms with Crippen molar-refractivity contribution in [3.05, 3.63) is 201 Å². The second-order valence-corrected chi connectivity index (χ2v) is 21.8. The van der Waals surface area contributed by atoms with Crippen LogP contribution >= 0.6 is 0 Å². The number of furan rings is 1. The highest BCUT2D eigenvalue weighted by atomic mass is 16.3. The van der Waals surface area contributed by atoms with E-state index in [0.29, 0.717) is 84.1 Å². The fraction of sp³-hybridized carbons (Fsp3) is 0.297. The zero-order valence-corrected chi connectivity index (χ0v) is 47.4. The molecule has 0 atom stereocenters. The van der Waals surface area contributed by atoms with E-state index in [2.05, 4.69) is 0 Å². The van der Waals surface area contributed by atoms with Gasteiger partial charge in [0.15, 0.2) is 0 Å². The molecule has 2 heteroatoms. The SMILES string of the molecule is [2H]c1c([2H])c([2H])c(-c2c([2H])c3c(oc4c(C)c(N(c5c([2H])c6c(c(C)c5C)-c5c(C)c(C)c(C)c(C)c5C6(C([2H])([2H])[2H])C([2H])([2H])[2H])c5c(C)c(-c6c([2H])c(C)c(C)c(C)c6C)c(C)c(-c6c(C)c([2H])c(C)c(C)c6C)c5C)c(C)c([2H])c43)c3c([2H])c([2H])c([2H])c([2H])c23)c([2H])c1[2H]. The average molecular weight is 1020 g/mol. The summed E-state index contributed by atoms with van der Waals surface area (Å²) in [6.45, 7) is 29.2. The van der Waals surface area contributed by atoms with Gasteiger partial charge in [-0.1, -0.05) is 80.2 Å². The van der Waals surface area contributed by atoms with Crippen LogP contribution in [-0.4, -0.2) is 0 Å². The Morgan fingerprint density at radius 3 is 1.62 bits per heavy atom. The van der Waals surface area contributed by atoms with Crippen LogP contribution in [0, 0.1) is 132 Å². The van der Waals surface area contributed by atoms with Gasteiger partial charge in [0.1, 0.15) is 11.2 Å². The van der Waals surface area contributed by atoms with E-state index in [4.69, 9.17) is 11.3 Å². The zero-order valence-electron chi connectivity index (χ0n) is 67.4. The third kappa shape index (κ3) is 6.97. The van der Waals surface area contributed by atoms with Gasteiger partial charge in [0.2, 0.25) is 0 Å². The maximum atomic E-state index is 11.2. The van der Waals surface area contributed by atoms with Crippen molar-refractivity contribution >= 4 is 49.8 Å². The van der Waals surface area contributed by atoms with Crippen molar-refractivity contribution in [2.75, 3.05) is 4.90 Å². The lowest BCUT2D eigenvalue weighted by Crippen LogP contribution is -2.21. The lowest BCUT2D eigenvalue weighted by Gasteiger charge is -2.37. The zero-order chi connectivity index (χ0) is 71.8. The number of nitrogens with zero attached hydrogens (tertiary/aromatic N) is 1. The lowest BCUT2D eigenvalue weighted by atomic mass is 9.77. The molecule has 0 aliphatic heterocycles. The molecule has 10 aromatic rings. The number of aryl methyl sites for hydroxylation is 1. The van der Waals surface area contributed by atoms with Crippen LogP contribution in [-0.2, 0) is 5.41 Å². The molecule has 0 bridgehead atoms. The first-order valence-corrected chi connectivity index (χ1v) is 26.1. The number of hydrogen-bond donors (Lipinski definition) is 0. The molecule has 0 saturated carbocycles. The fourth-order valence-electron chi connectivity index (χ4n) is 12.9. The van der Waals surface area contributed by atoms with Crippen molar-refractivity contribution in [1.29, 1.82) is 0 Å². The van der Waals surface area contributed by atoms with Gasteiger partial charge in [-0.25, -0.2) is 0 Å². The van der Waals surface area contributed by atoms with E-state index in [0.717, 1.165) is 55.6 Å². The number of benzene rings is 9. The van der Waals surface area contributed by atoms with Crippen LogP contribution < -0.4 is 4.90 Å². The summed E-state index contributed by atoms with van der Waals surface area (Å²) in [6, 6.07) is -7.21. The molecule has 9 aromatic carbocycles. The molecular formula is C74H77NO. The average Bonchev–Trinajstić information content (AvgIpc) is 1.48. The van der Waals surface area contributed by atoms with Crippen LogP contribution in [0.1, 0.15) is 158 Å². The Kier molecular flexibility index (Phi) is 7.55. The van der Waals surface area contributed by atoms with Crippen LogP contribution in [0.2, 0.25) is 0 Å². The molecule has 0 saturated heterocycles. The van der Waals surface area contributed by atoms with Gasteiger partial charge in [-0.3, -0.25) is 0 Å².